The second-order valence-electron chi connectivity index (χ2n) is 7.89. The largest absolute Gasteiger partial charge is 0.444 e. The molecule has 0 N–H and O–H groups in total. The Kier molecular flexibility index (Phi) is 5.00. The SMILES string of the molecule is CN(c1ccc(Cl)nn1)[C@H]1C[C@@H]2COCC1(F)CN2C(=O)OC(C)(C)C. The molecule has 1 aromatic heterocycles. The quantitative estimate of drug-likeness (QED) is 0.778. The molecule has 0 saturated carbocycles. The minimum Gasteiger partial charge on any atom is -0.444 e. The van der Waals surface area contributed by atoms with E-state index in [2.05, 4.69) is 10.2 Å². The zero-order chi connectivity index (χ0) is 19.1. The van der Waals surface area contributed by atoms with E-state index in [-0.39, 0.29) is 31.0 Å². The molecule has 3 saturated heterocycles. The number of piperidine rings is 1. The van der Waals surface area contributed by atoms with Crippen LogP contribution in [0.1, 0.15) is 27.2 Å². The van der Waals surface area contributed by atoms with Crippen LogP contribution < -0.4 is 4.90 Å². The van der Waals surface area contributed by atoms with Crippen LogP contribution in [0.5, 0.6) is 0 Å². The molecule has 3 fully saturated rings. The molecule has 26 heavy (non-hydrogen) atoms. The van der Waals surface area contributed by atoms with Crippen molar-refractivity contribution >= 4 is 23.5 Å². The molecular formula is C17H24ClFN4O3. The van der Waals surface area contributed by atoms with Gasteiger partial charge in [-0.25, -0.2) is 9.18 Å². The Hall–Kier alpha value is -1.67. The van der Waals surface area contributed by atoms with Gasteiger partial charge in [-0.2, -0.15) is 0 Å². The molecule has 9 heteroatoms. The number of halogens is 2. The van der Waals surface area contributed by atoms with E-state index in [1.165, 1.54) is 4.90 Å². The van der Waals surface area contributed by atoms with Gasteiger partial charge in [-0.05, 0) is 39.3 Å². The highest BCUT2D eigenvalue weighted by Gasteiger charge is 2.54. The van der Waals surface area contributed by atoms with Crippen LogP contribution in [-0.4, -0.2) is 71.4 Å². The average molecular weight is 387 g/mol. The summed E-state index contributed by atoms with van der Waals surface area (Å²) in [7, 11) is 1.77. The summed E-state index contributed by atoms with van der Waals surface area (Å²) in [5.41, 5.74) is -2.37. The van der Waals surface area contributed by atoms with Gasteiger partial charge in [-0.1, -0.05) is 11.6 Å². The maximum atomic E-state index is 15.8. The third-order valence-corrected chi connectivity index (χ3v) is 4.90. The first-order chi connectivity index (χ1) is 12.1. The molecule has 144 valence electrons. The van der Waals surface area contributed by atoms with Gasteiger partial charge in [0.25, 0.3) is 0 Å². The van der Waals surface area contributed by atoms with Crippen LogP contribution in [0, 0.1) is 0 Å². The lowest BCUT2D eigenvalue weighted by atomic mass is 9.86. The van der Waals surface area contributed by atoms with Gasteiger partial charge in [0.15, 0.2) is 16.6 Å². The highest BCUT2D eigenvalue weighted by atomic mass is 35.5. The molecule has 0 aliphatic carbocycles. The third kappa shape index (κ3) is 3.86. The summed E-state index contributed by atoms with van der Waals surface area (Å²) in [6.45, 7) is 5.48. The molecule has 3 atom stereocenters. The van der Waals surface area contributed by atoms with Gasteiger partial charge in [0.05, 0.1) is 31.8 Å². The molecule has 7 nitrogen and oxygen atoms in total. The van der Waals surface area contributed by atoms with Crippen molar-refractivity contribution in [2.24, 2.45) is 0 Å². The fourth-order valence-electron chi connectivity index (χ4n) is 3.47. The van der Waals surface area contributed by atoms with Gasteiger partial charge < -0.3 is 14.4 Å². The molecule has 1 aromatic rings. The molecular weight excluding hydrogens is 363 g/mol. The lowest BCUT2D eigenvalue weighted by Gasteiger charge is -2.47. The zero-order valence-electron chi connectivity index (χ0n) is 15.4. The smallest absolute Gasteiger partial charge is 0.410 e. The lowest BCUT2D eigenvalue weighted by Crippen LogP contribution is -2.64. The number of rotatable bonds is 2. The summed E-state index contributed by atoms with van der Waals surface area (Å²) in [4.78, 5) is 15.7. The second-order valence-corrected chi connectivity index (χ2v) is 8.28. The van der Waals surface area contributed by atoms with Gasteiger partial charge in [0.1, 0.15) is 5.60 Å². The fourth-order valence-corrected chi connectivity index (χ4v) is 3.58. The minimum atomic E-state index is -1.74. The predicted molar refractivity (Wildman–Crippen MR) is 95.2 cm³/mol. The predicted octanol–water partition coefficient (Wildman–Crippen LogP) is 2.68. The maximum Gasteiger partial charge on any atom is 0.410 e. The lowest BCUT2D eigenvalue weighted by molar-refractivity contribution is -0.0222. The summed E-state index contributed by atoms with van der Waals surface area (Å²) < 4.78 is 26.8. The molecule has 3 aliphatic rings. The van der Waals surface area contributed by atoms with Crippen molar-refractivity contribution in [3.05, 3.63) is 17.3 Å². The number of aromatic nitrogens is 2. The number of ether oxygens (including phenoxy) is 2. The highest BCUT2D eigenvalue weighted by Crippen LogP contribution is 2.38. The Labute approximate surface area is 157 Å². The van der Waals surface area contributed by atoms with E-state index in [4.69, 9.17) is 21.1 Å². The molecule has 0 radical (unpaired) electrons. The van der Waals surface area contributed by atoms with E-state index in [9.17, 15) is 4.79 Å². The van der Waals surface area contributed by atoms with E-state index in [1.807, 2.05) is 0 Å². The van der Waals surface area contributed by atoms with Crippen LogP contribution in [0.25, 0.3) is 0 Å². The summed E-state index contributed by atoms with van der Waals surface area (Å²) in [5, 5.41) is 8.13. The van der Waals surface area contributed by atoms with Crippen molar-refractivity contribution in [2.75, 3.05) is 31.7 Å². The number of fused-ring (bicyclic) bond motifs is 4. The van der Waals surface area contributed by atoms with Crippen LogP contribution in [0.2, 0.25) is 5.15 Å². The summed E-state index contributed by atoms with van der Waals surface area (Å²) in [6, 6.07) is 2.56. The first kappa shape index (κ1) is 19.1. The topological polar surface area (TPSA) is 67.8 Å². The van der Waals surface area contributed by atoms with E-state index < -0.39 is 23.4 Å². The molecule has 1 unspecified atom stereocenters. The minimum absolute atomic E-state index is 0.0807. The van der Waals surface area contributed by atoms with Gasteiger partial charge in [0.2, 0.25) is 0 Å². The Morgan fingerprint density at radius 3 is 2.81 bits per heavy atom. The molecule has 1 amide bonds. The molecule has 0 aromatic carbocycles. The van der Waals surface area contributed by atoms with E-state index >= 15 is 4.39 Å². The number of carbonyl (C=O) groups is 1. The van der Waals surface area contributed by atoms with E-state index in [0.29, 0.717) is 12.2 Å². The Morgan fingerprint density at radius 2 is 2.19 bits per heavy atom. The van der Waals surface area contributed by atoms with Crippen molar-refractivity contribution in [2.45, 2.75) is 50.5 Å². The molecule has 0 spiro atoms. The second kappa shape index (κ2) is 6.81. The van der Waals surface area contributed by atoms with Crippen molar-refractivity contribution in [3.63, 3.8) is 0 Å². The monoisotopic (exact) mass is 386 g/mol. The van der Waals surface area contributed by atoms with E-state index in [1.54, 1.807) is 44.9 Å². The number of amides is 1. The van der Waals surface area contributed by atoms with Crippen molar-refractivity contribution in [1.29, 1.82) is 0 Å². The first-order valence-corrected chi connectivity index (χ1v) is 8.95. The first-order valence-electron chi connectivity index (χ1n) is 8.57. The third-order valence-electron chi connectivity index (χ3n) is 4.69. The summed E-state index contributed by atoms with van der Waals surface area (Å²) >= 11 is 5.78. The number of carbonyl (C=O) groups excluding carboxylic acids is 1. The number of hydrogen-bond acceptors (Lipinski definition) is 6. The van der Waals surface area contributed by atoms with Crippen LogP contribution in [0.15, 0.2) is 12.1 Å². The molecule has 3 aliphatic heterocycles. The van der Waals surface area contributed by atoms with Crippen LogP contribution in [0.4, 0.5) is 15.0 Å². The number of anilines is 1. The maximum absolute atomic E-state index is 15.8. The van der Waals surface area contributed by atoms with Gasteiger partial charge in [-0.15, -0.1) is 10.2 Å². The zero-order valence-corrected chi connectivity index (χ0v) is 16.2. The normalized spacial score (nSPS) is 28.6. The van der Waals surface area contributed by atoms with E-state index in [0.717, 1.165) is 0 Å². The average Bonchev–Trinajstić information content (AvgIpc) is 2.81. The summed E-state index contributed by atoms with van der Waals surface area (Å²) in [6.07, 6.45) is -0.0984. The standard InChI is InChI=1S/C17H24ClFN4O3/c1-16(2,3)26-15(24)23-9-17(19)10-25-8-11(23)7-12(17)22(4)14-6-5-13(18)20-21-14/h5-6,11-12H,7-10H2,1-4H3/t11-,12+,17?/m1/s1. The van der Waals surface area contributed by atoms with Gasteiger partial charge in [0, 0.05) is 7.05 Å². The number of alkyl halides is 1. The highest BCUT2D eigenvalue weighted by molar-refractivity contribution is 6.29. The molecule has 4 rings (SSSR count). The Morgan fingerprint density at radius 1 is 1.46 bits per heavy atom. The van der Waals surface area contributed by atoms with Crippen LogP contribution >= 0.6 is 11.6 Å². The number of nitrogens with zero attached hydrogens (tertiary/aromatic N) is 4. The molecule has 2 bridgehead atoms. The Bertz CT molecular complexity index is 669. The molecule has 4 heterocycles. The van der Waals surface area contributed by atoms with Gasteiger partial charge >= 0.3 is 6.09 Å². The van der Waals surface area contributed by atoms with Crippen molar-refractivity contribution < 1.29 is 18.7 Å². The summed E-state index contributed by atoms with van der Waals surface area (Å²) in [5.74, 6) is 0.521. The van der Waals surface area contributed by atoms with Gasteiger partial charge in [-0.3, -0.25) is 4.90 Å². The van der Waals surface area contributed by atoms with Crippen molar-refractivity contribution in [3.8, 4) is 0 Å². The fraction of sp³-hybridized carbons (Fsp3) is 0.706. The van der Waals surface area contributed by atoms with Crippen LogP contribution in [0.3, 0.4) is 0 Å². The number of hydrogen-bond donors (Lipinski definition) is 0. The van der Waals surface area contributed by atoms with Crippen LogP contribution in [-0.2, 0) is 9.47 Å². The Balaban J connectivity index is 1.82. The van der Waals surface area contributed by atoms with Crippen molar-refractivity contribution in [1.82, 2.24) is 15.1 Å².